The highest BCUT2D eigenvalue weighted by Gasteiger charge is 2.13. The molecule has 0 atom stereocenters. The Balaban J connectivity index is 2.03. The van der Waals surface area contributed by atoms with Crippen molar-refractivity contribution >= 4 is 33.3 Å². The molecule has 0 N–H and O–H groups in total. The molecule has 0 aliphatic heterocycles. The van der Waals surface area contributed by atoms with Gasteiger partial charge in [0, 0.05) is 38.2 Å². The SMILES string of the molecule is C=CCn1c(SCc2cc(=O)n(C)c(=O)n2C)nc2sccc2c1=O. The lowest BCUT2D eigenvalue weighted by atomic mass is 10.4. The number of nitrogens with zero attached hydrogens (tertiary/aromatic N) is 4. The van der Waals surface area contributed by atoms with Crippen LogP contribution in [0, 0.1) is 0 Å². The summed E-state index contributed by atoms with van der Waals surface area (Å²) in [5, 5.41) is 2.95. The molecular formula is C16H16N4O3S2. The van der Waals surface area contributed by atoms with Crippen molar-refractivity contribution in [3.8, 4) is 0 Å². The van der Waals surface area contributed by atoms with Crippen molar-refractivity contribution in [1.82, 2.24) is 18.7 Å². The molecule has 0 saturated carbocycles. The van der Waals surface area contributed by atoms with Crippen LogP contribution in [0.3, 0.4) is 0 Å². The molecular weight excluding hydrogens is 360 g/mol. The Morgan fingerprint density at radius 1 is 1.28 bits per heavy atom. The third kappa shape index (κ3) is 3.12. The van der Waals surface area contributed by atoms with Gasteiger partial charge in [0.2, 0.25) is 0 Å². The van der Waals surface area contributed by atoms with Crippen LogP contribution in [-0.2, 0) is 26.4 Å². The summed E-state index contributed by atoms with van der Waals surface area (Å²) in [6, 6.07) is 3.18. The molecule has 25 heavy (non-hydrogen) atoms. The molecule has 0 bridgehead atoms. The second-order valence-corrected chi connectivity index (χ2v) is 7.24. The van der Waals surface area contributed by atoms with E-state index in [9.17, 15) is 14.4 Å². The van der Waals surface area contributed by atoms with Crippen LogP contribution < -0.4 is 16.8 Å². The lowest BCUT2D eigenvalue weighted by Gasteiger charge is -2.12. The van der Waals surface area contributed by atoms with E-state index in [0.29, 0.717) is 33.4 Å². The van der Waals surface area contributed by atoms with Gasteiger partial charge in [0.1, 0.15) is 4.83 Å². The Hall–Kier alpha value is -2.39. The molecule has 0 spiro atoms. The van der Waals surface area contributed by atoms with Crippen LogP contribution in [0.1, 0.15) is 5.69 Å². The van der Waals surface area contributed by atoms with E-state index in [1.54, 1.807) is 23.8 Å². The molecule has 3 heterocycles. The Kier molecular flexibility index (Phi) is 4.78. The predicted molar refractivity (Wildman–Crippen MR) is 101 cm³/mol. The first-order valence-corrected chi connectivity index (χ1v) is 9.28. The normalized spacial score (nSPS) is 11.1. The zero-order chi connectivity index (χ0) is 18.1. The summed E-state index contributed by atoms with van der Waals surface area (Å²) in [4.78, 5) is 41.7. The van der Waals surface area contributed by atoms with E-state index in [1.165, 1.54) is 40.8 Å². The van der Waals surface area contributed by atoms with Crippen LogP contribution in [-0.4, -0.2) is 18.7 Å². The topological polar surface area (TPSA) is 78.9 Å². The Morgan fingerprint density at radius 3 is 2.76 bits per heavy atom. The summed E-state index contributed by atoms with van der Waals surface area (Å²) in [5.41, 5.74) is -0.285. The van der Waals surface area contributed by atoms with Crippen LogP contribution in [0.25, 0.3) is 10.2 Å². The quantitative estimate of drug-likeness (QED) is 0.381. The van der Waals surface area contributed by atoms with Gasteiger partial charge in [0.25, 0.3) is 11.1 Å². The van der Waals surface area contributed by atoms with E-state index in [0.717, 1.165) is 4.57 Å². The van der Waals surface area contributed by atoms with Crippen molar-refractivity contribution in [3.05, 3.63) is 67.1 Å². The van der Waals surface area contributed by atoms with Crippen LogP contribution in [0.4, 0.5) is 0 Å². The fourth-order valence-electron chi connectivity index (χ4n) is 2.39. The first-order valence-electron chi connectivity index (χ1n) is 7.41. The van der Waals surface area contributed by atoms with Crippen molar-refractivity contribution in [2.45, 2.75) is 17.5 Å². The monoisotopic (exact) mass is 376 g/mol. The Labute approximate surface area is 150 Å². The number of allylic oxidation sites excluding steroid dienone is 1. The summed E-state index contributed by atoms with van der Waals surface area (Å²) in [6.45, 7) is 4.03. The maximum absolute atomic E-state index is 12.6. The number of rotatable bonds is 5. The average Bonchev–Trinajstić information content (AvgIpc) is 3.06. The average molecular weight is 376 g/mol. The molecule has 0 saturated heterocycles. The molecule has 0 fully saturated rings. The van der Waals surface area contributed by atoms with Gasteiger partial charge in [-0.2, -0.15) is 0 Å². The van der Waals surface area contributed by atoms with Crippen molar-refractivity contribution in [3.63, 3.8) is 0 Å². The number of aromatic nitrogens is 4. The van der Waals surface area contributed by atoms with Gasteiger partial charge in [-0.3, -0.25) is 23.3 Å². The van der Waals surface area contributed by atoms with Gasteiger partial charge in [-0.25, -0.2) is 9.78 Å². The van der Waals surface area contributed by atoms with E-state index in [2.05, 4.69) is 11.6 Å². The highest BCUT2D eigenvalue weighted by atomic mass is 32.2. The fraction of sp³-hybridized carbons (Fsp3) is 0.250. The third-order valence-corrected chi connectivity index (χ3v) is 5.65. The zero-order valence-corrected chi connectivity index (χ0v) is 15.4. The molecule has 130 valence electrons. The molecule has 3 aromatic heterocycles. The van der Waals surface area contributed by atoms with Gasteiger partial charge in [-0.15, -0.1) is 17.9 Å². The summed E-state index contributed by atoms with van der Waals surface area (Å²) in [5.74, 6) is 0.349. The van der Waals surface area contributed by atoms with Gasteiger partial charge in [-0.05, 0) is 11.4 Å². The molecule has 0 aliphatic rings. The number of fused-ring (bicyclic) bond motifs is 1. The lowest BCUT2D eigenvalue weighted by Crippen LogP contribution is -2.37. The van der Waals surface area contributed by atoms with Gasteiger partial charge < -0.3 is 0 Å². The molecule has 0 unspecified atom stereocenters. The molecule has 0 amide bonds. The molecule has 7 nitrogen and oxygen atoms in total. The number of hydrogen-bond donors (Lipinski definition) is 0. The number of thioether (sulfide) groups is 1. The Morgan fingerprint density at radius 2 is 2.04 bits per heavy atom. The molecule has 0 radical (unpaired) electrons. The van der Waals surface area contributed by atoms with Gasteiger partial charge >= 0.3 is 5.69 Å². The highest BCUT2D eigenvalue weighted by Crippen LogP contribution is 2.23. The van der Waals surface area contributed by atoms with Crippen molar-refractivity contribution in [2.24, 2.45) is 14.1 Å². The van der Waals surface area contributed by atoms with E-state index in [1.807, 2.05) is 5.38 Å². The van der Waals surface area contributed by atoms with E-state index < -0.39 is 0 Å². The van der Waals surface area contributed by atoms with Gasteiger partial charge in [-0.1, -0.05) is 17.8 Å². The standard InChI is InChI=1S/C16H16N4O3S2/c1-4-6-20-14(22)11-5-7-24-13(11)17-15(20)25-9-10-8-12(21)19(3)16(23)18(10)2/h4-5,7-8H,1,6,9H2,2-3H3. The lowest BCUT2D eigenvalue weighted by molar-refractivity contribution is 0.660. The zero-order valence-electron chi connectivity index (χ0n) is 13.8. The predicted octanol–water partition coefficient (Wildman–Crippen LogP) is 1.33. The smallest absolute Gasteiger partial charge is 0.300 e. The first kappa shape index (κ1) is 17.4. The molecule has 3 rings (SSSR count). The first-order chi connectivity index (χ1) is 11.9. The van der Waals surface area contributed by atoms with Crippen molar-refractivity contribution < 1.29 is 0 Å². The van der Waals surface area contributed by atoms with Gasteiger partial charge in [0.05, 0.1) is 5.39 Å². The number of hydrogen-bond acceptors (Lipinski definition) is 6. The summed E-state index contributed by atoms with van der Waals surface area (Å²) in [7, 11) is 3.06. The third-order valence-electron chi connectivity index (χ3n) is 3.83. The Bertz CT molecular complexity index is 1140. The summed E-state index contributed by atoms with van der Waals surface area (Å²) in [6.07, 6.45) is 1.64. The summed E-state index contributed by atoms with van der Waals surface area (Å²) >= 11 is 2.71. The minimum Gasteiger partial charge on any atom is -0.300 e. The van der Waals surface area contributed by atoms with Crippen LogP contribution in [0.5, 0.6) is 0 Å². The second kappa shape index (κ2) is 6.85. The maximum Gasteiger partial charge on any atom is 0.330 e. The van der Waals surface area contributed by atoms with Crippen LogP contribution in [0.15, 0.2) is 49.7 Å². The number of thiophene rings is 1. The van der Waals surface area contributed by atoms with E-state index in [-0.39, 0.29) is 16.8 Å². The van der Waals surface area contributed by atoms with Gasteiger partial charge in [0.15, 0.2) is 5.16 Å². The highest BCUT2D eigenvalue weighted by molar-refractivity contribution is 7.98. The fourth-order valence-corrected chi connectivity index (χ4v) is 4.22. The molecule has 0 aromatic carbocycles. The van der Waals surface area contributed by atoms with Crippen molar-refractivity contribution in [1.29, 1.82) is 0 Å². The van der Waals surface area contributed by atoms with Crippen molar-refractivity contribution in [2.75, 3.05) is 0 Å². The largest absolute Gasteiger partial charge is 0.330 e. The second-order valence-electron chi connectivity index (χ2n) is 5.40. The van der Waals surface area contributed by atoms with E-state index >= 15 is 0 Å². The molecule has 0 aliphatic carbocycles. The van der Waals surface area contributed by atoms with E-state index in [4.69, 9.17) is 0 Å². The maximum atomic E-state index is 12.6. The van der Waals surface area contributed by atoms with Crippen LogP contribution >= 0.6 is 23.1 Å². The van der Waals surface area contributed by atoms with Crippen LogP contribution in [0.2, 0.25) is 0 Å². The molecule has 9 heteroatoms. The minimum atomic E-state index is -0.381. The molecule has 3 aromatic rings. The summed E-state index contributed by atoms with van der Waals surface area (Å²) < 4.78 is 4.03. The minimum absolute atomic E-state index is 0.119.